The van der Waals surface area contributed by atoms with Crippen LogP contribution in [0, 0.1) is 0 Å². The highest BCUT2D eigenvalue weighted by molar-refractivity contribution is 6.29. The lowest BCUT2D eigenvalue weighted by atomic mass is 10.5. The molecule has 2 rings (SSSR count). The molecule has 0 bridgehead atoms. The van der Waals surface area contributed by atoms with Crippen LogP contribution in [0.2, 0.25) is 5.15 Å². The number of fused-ring (bicyclic) bond motifs is 1. The first-order valence-corrected chi connectivity index (χ1v) is 3.19. The van der Waals surface area contributed by atoms with Gasteiger partial charge in [0, 0.05) is 6.07 Å². The van der Waals surface area contributed by atoms with Gasteiger partial charge in [-0.3, -0.25) is 0 Å². The van der Waals surface area contributed by atoms with Crippen LogP contribution in [-0.2, 0) is 0 Å². The lowest BCUT2D eigenvalue weighted by molar-refractivity contribution is 0.608. The van der Waals surface area contributed by atoms with Gasteiger partial charge in [-0.15, -0.1) is 10.2 Å². The Bertz CT molecular complexity index is 398. The summed E-state index contributed by atoms with van der Waals surface area (Å²) in [5.74, 6) is 0. The number of rotatable bonds is 0. The van der Waals surface area contributed by atoms with Gasteiger partial charge in [-0.1, -0.05) is 11.6 Å². The minimum absolute atomic E-state index is 0.0663. The third-order valence-corrected chi connectivity index (χ3v) is 1.33. The summed E-state index contributed by atoms with van der Waals surface area (Å²) in [6.45, 7) is 0. The number of nitrogen functional groups attached to an aromatic ring is 1. The topological polar surface area (TPSA) is 77.8 Å². The average molecular weight is 171 g/mol. The normalized spacial score (nSPS) is 10.6. The summed E-state index contributed by atoms with van der Waals surface area (Å²) in [6, 6.07) is 1.60. The van der Waals surface area contributed by atoms with Crippen molar-refractivity contribution in [2.45, 2.75) is 0 Å². The maximum Gasteiger partial charge on any atom is 0.294 e. The van der Waals surface area contributed by atoms with E-state index < -0.39 is 0 Å². The second-order valence-electron chi connectivity index (χ2n) is 1.91. The van der Waals surface area contributed by atoms with Gasteiger partial charge in [-0.25, -0.2) is 0 Å². The highest BCUT2D eigenvalue weighted by atomic mass is 35.5. The Labute approximate surface area is 66.2 Å². The molecule has 11 heavy (non-hydrogen) atoms. The summed E-state index contributed by atoms with van der Waals surface area (Å²) in [5, 5.41) is 7.43. The maximum atomic E-state index is 5.53. The zero-order valence-electron chi connectivity index (χ0n) is 5.28. The van der Waals surface area contributed by atoms with E-state index in [1.807, 2.05) is 0 Å². The Morgan fingerprint density at radius 3 is 3.09 bits per heavy atom. The molecule has 0 fully saturated rings. The number of hydrogen-bond donors (Lipinski definition) is 1. The minimum atomic E-state index is 0.0663. The summed E-state index contributed by atoms with van der Waals surface area (Å²) < 4.78 is 4.86. The van der Waals surface area contributed by atoms with E-state index in [9.17, 15) is 0 Å². The molecule has 0 aromatic carbocycles. The molecular formula is C5H3ClN4O. The van der Waals surface area contributed by atoms with Crippen LogP contribution in [0.3, 0.4) is 0 Å². The van der Waals surface area contributed by atoms with Crippen LogP contribution in [0.5, 0.6) is 0 Å². The molecule has 0 saturated carbocycles. The summed E-state index contributed by atoms with van der Waals surface area (Å²) in [6.07, 6.45) is 0. The molecule has 0 atom stereocenters. The van der Waals surface area contributed by atoms with Crippen LogP contribution in [0.1, 0.15) is 0 Å². The average Bonchev–Trinajstić information content (AvgIpc) is 2.27. The van der Waals surface area contributed by atoms with Gasteiger partial charge in [0.25, 0.3) is 11.7 Å². The molecule has 0 spiro atoms. The van der Waals surface area contributed by atoms with E-state index in [0.29, 0.717) is 11.2 Å². The first-order valence-electron chi connectivity index (χ1n) is 2.81. The van der Waals surface area contributed by atoms with Crippen LogP contribution >= 0.6 is 11.6 Å². The fourth-order valence-corrected chi connectivity index (χ4v) is 0.882. The smallest absolute Gasteiger partial charge is 0.294 e. The molecule has 2 N–H and O–H groups in total. The molecule has 2 aromatic heterocycles. The molecule has 0 radical (unpaired) electrons. The molecule has 6 heteroatoms. The quantitative estimate of drug-likeness (QED) is 0.634. The molecule has 0 aliphatic heterocycles. The third-order valence-electron chi connectivity index (χ3n) is 1.14. The van der Waals surface area contributed by atoms with E-state index in [0.717, 1.165) is 0 Å². The SMILES string of the molecule is Nc1nc2cc(Cl)nnc2o1. The van der Waals surface area contributed by atoms with Crippen molar-refractivity contribution >= 4 is 28.8 Å². The van der Waals surface area contributed by atoms with Gasteiger partial charge >= 0.3 is 0 Å². The first kappa shape index (κ1) is 6.36. The number of hydrogen-bond acceptors (Lipinski definition) is 5. The Balaban J connectivity index is 2.82. The number of halogens is 1. The van der Waals surface area contributed by atoms with Gasteiger partial charge < -0.3 is 10.2 Å². The molecule has 0 amide bonds. The van der Waals surface area contributed by atoms with Crippen LogP contribution in [0.4, 0.5) is 6.01 Å². The van der Waals surface area contributed by atoms with Crippen molar-refractivity contribution in [3.05, 3.63) is 11.2 Å². The lowest BCUT2D eigenvalue weighted by Gasteiger charge is -1.83. The van der Waals surface area contributed by atoms with E-state index in [2.05, 4.69) is 15.2 Å². The second kappa shape index (κ2) is 2.06. The fourth-order valence-electron chi connectivity index (χ4n) is 0.741. The second-order valence-corrected chi connectivity index (χ2v) is 2.30. The lowest BCUT2D eigenvalue weighted by Crippen LogP contribution is -1.81. The zero-order chi connectivity index (χ0) is 7.84. The van der Waals surface area contributed by atoms with E-state index in [1.165, 1.54) is 6.07 Å². The van der Waals surface area contributed by atoms with E-state index in [1.54, 1.807) is 0 Å². The highest BCUT2D eigenvalue weighted by Gasteiger charge is 2.04. The summed E-state index contributed by atoms with van der Waals surface area (Å²) in [4.78, 5) is 3.80. The third kappa shape index (κ3) is 0.988. The van der Waals surface area contributed by atoms with E-state index in [-0.39, 0.29) is 11.2 Å². The Kier molecular flexibility index (Phi) is 1.19. The van der Waals surface area contributed by atoms with Crippen molar-refractivity contribution < 1.29 is 4.42 Å². The number of anilines is 1. The Hall–Kier alpha value is -1.36. The van der Waals surface area contributed by atoms with Gasteiger partial charge in [-0.05, 0) is 0 Å². The predicted octanol–water partition coefficient (Wildman–Crippen LogP) is 0.853. The highest BCUT2D eigenvalue weighted by Crippen LogP contribution is 2.15. The van der Waals surface area contributed by atoms with Crippen molar-refractivity contribution in [1.82, 2.24) is 15.2 Å². The Morgan fingerprint density at radius 1 is 1.45 bits per heavy atom. The number of nitrogens with two attached hydrogens (primary N) is 1. The Morgan fingerprint density at radius 2 is 2.27 bits per heavy atom. The van der Waals surface area contributed by atoms with Crippen LogP contribution in [0.15, 0.2) is 10.5 Å². The number of aromatic nitrogens is 3. The molecular weight excluding hydrogens is 168 g/mol. The van der Waals surface area contributed by atoms with Crippen molar-refractivity contribution in [3.8, 4) is 0 Å². The van der Waals surface area contributed by atoms with Crippen molar-refractivity contribution in [2.75, 3.05) is 5.73 Å². The van der Waals surface area contributed by atoms with Gasteiger partial charge in [0.05, 0.1) is 0 Å². The molecule has 5 nitrogen and oxygen atoms in total. The largest absolute Gasteiger partial charge is 0.403 e. The van der Waals surface area contributed by atoms with Gasteiger partial charge in [0.15, 0.2) is 5.15 Å². The fraction of sp³-hybridized carbons (Fsp3) is 0. The number of nitrogens with zero attached hydrogens (tertiary/aromatic N) is 3. The maximum absolute atomic E-state index is 5.53. The molecule has 0 unspecified atom stereocenters. The summed E-state index contributed by atoms with van der Waals surface area (Å²) >= 11 is 5.53. The molecule has 0 aliphatic carbocycles. The van der Waals surface area contributed by atoms with Crippen LogP contribution in [-0.4, -0.2) is 15.2 Å². The first-order chi connectivity index (χ1) is 5.25. The molecule has 2 heterocycles. The molecule has 0 aliphatic rings. The summed E-state index contributed by atoms with van der Waals surface area (Å²) in [7, 11) is 0. The van der Waals surface area contributed by atoms with Crippen molar-refractivity contribution in [2.24, 2.45) is 0 Å². The zero-order valence-corrected chi connectivity index (χ0v) is 6.04. The van der Waals surface area contributed by atoms with Gasteiger partial charge in [0.1, 0.15) is 5.52 Å². The molecule has 0 saturated heterocycles. The van der Waals surface area contributed by atoms with Gasteiger partial charge in [-0.2, -0.15) is 4.98 Å². The minimum Gasteiger partial charge on any atom is -0.403 e. The molecule has 2 aromatic rings. The van der Waals surface area contributed by atoms with Crippen molar-refractivity contribution in [3.63, 3.8) is 0 Å². The predicted molar refractivity (Wildman–Crippen MR) is 39.0 cm³/mol. The standard InChI is InChI=1S/C5H3ClN4O/c6-3-1-2-4(10-9-3)11-5(7)8-2/h1H,(H2,7,8). The number of oxazole rings is 1. The van der Waals surface area contributed by atoms with Crippen LogP contribution < -0.4 is 5.73 Å². The van der Waals surface area contributed by atoms with Gasteiger partial charge in [0.2, 0.25) is 0 Å². The van der Waals surface area contributed by atoms with E-state index in [4.69, 9.17) is 21.8 Å². The van der Waals surface area contributed by atoms with E-state index >= 15 is 0 Å². The monoisotopic (exact) mass is 170 g/mol. The van der Waals surface area contributed by atoms with Crippen molar-refractivity contribution in [1.29, 1.82) is 0 Å². The van der Waals surface area contributed by atoms with Crippen LogP contribution in [0.25, 0.3) is 11.2 Å². The summed E-state index contributed by atoms with van der Waals surface area (Å²) in [5.41, 5.74) is 6.07. The molecule has 56 valence electrons.